The first-order valence-electron chi connectivity index (χ1n) is 5.28. The van der Waals surface area contributed by atoms with Crippen LogP contribution in [-0.4, -0.2) is 48.1 Å². The summed E-state index contributed by atoms with van der Waals surface area (Å²) in [5.74, 6) is -0.345. The van der Waals surface area contributed by atoms with E-state index in [1.165, 1.54) is 0 Å². The van der Waals surface area contributed by atoms with Gasteiger partial charge in [-0.2, -0.15) is 0 Å². The van der Waals surface area contributed by atoms with Crippen molar-refractivity contribution in [2.75, 3.05) is 26.2 Å². The number of carboxylic acids is 1. The van der Waals surface area contributed by atoms with Gasteiger partial charge in [-0.15, -0.1) is 0 Å². The number of hydrogen-bond acceptors (Lipinski definition) is 3. The first-order chi connectivity index (χ1) is 7.09. The number of rotatable bonds is 2. The van der Waals surface area contributed by atoms with Gasteiger partial charge >= 0.3 is 5.97 Å². The summed E-state index contributed by atoms with van der Waals surface area (Å²) >= 11 is 0. The molecule has 0 aromatic heterocycles. The van der Waals surface area contributed by atoms with Crippen LogP contribution >= 0.6 is 0 Å². The van der Waals surface area contributed by atoms with Gasteiger partial charge in [0.1, 0.15) is 0 Å². The van der Waals surface area contributed by atoms with Crippen molar-refractivity contribution in [3.8, 4) is 0 Å². The normalized spacial score (nSPS) is 31.4. The van der Waals surface area contributed by atoms with Gasteiger partial charge in [0.2, 0.25) is 5.91 Å². The summed E-state index contributed by atoms with van der Waals surface area (Å²) in [7, 11) is 0. The molecule has 0 saturated carbocycles. The molecule has 2 N–H and O–H groups in total. The summed E-state index contributed by atoms with van der Waals surface area (Å²) in [5.41, 5.74) is 0. The van der Waals surface area contributed by atoms with Gasteiger partial charge < -0.3 is 15.3 Å². The van der Waals surface area contributed by atoms with Gasteiger partial charge in [0.15, 0.2) is 0 Å². The molecule has 2 saturated heterocycles. The van der Waals surface area contributed by atoms with E-state index < -0.39 is 5.97 Å². The van der Waals surface area contributed by atoms with E-state index in [2.05, 4.69) is 5.32 Å². The molecule has 0 unspecified atom stereocenters. The second kappa shape index (κ2) is 3.81. The quantitative estimate of drug-likeness (QED) is 0.640. The number of likely N-dealkylation sites (tertiary alicyclic amines) is 1. The van der Waals surface area contributed by atoms with Crippen LogP contribution < -0.4 is 5.32 Å². The summed E-state index contributed by atoms with van der Waals surface area (Å²) in [4.78, 5) is 23.7. The Bertz CT molecular complexity index is 286. The Labute approximate surface area is 88.4 Å². The molecule has 0 bridgehead atoms. The highest BCUT2D eigenvalue weighted by Gasteiger charge is 2.43. The molecule has 2 aliphatic heterocycles. The third-order valence-corrected chi connectivity index (χ3v) is 3.54. The summed E-state index contributed by atoms with van der Waals surface area (Å²) in [5, 5.41) is 12.1. The lowest BCUT2D eigenvalue weighted by Crippen LogP contribution is -2.53. The van der Waals surface area contributed by atoms with Crippen molar-refractivity contribution >= 4 is 11.9 Å². The molecule has 15 heavy (non-hydrogen) atoms. The van der Waals surface area contributed by atoms with Crippen LogP contribution in [0, 0.1) is 17.8 Å². The number of aliphatic carboxylic acids is 1. The Hall–Kier alpha value is -1.10. The molecule has 2 aliphatic rings. The molecule has 1 amide bonds. The second-order valence-corrected chi connectivity index (χ2v) is 4.45. The minimum absolute atomic E-state index is 0.0871. The highest BCUT2D eigenvalue weighted by Crippen LogP contribution is 2.31. The van der Waals surface area contributed by atoms with E-state index >= 15 is 0 Å². The summed E-state index contributed by atoms with van der Waals surface area (Å²) in [6, 6.07) is 0. The maximum Gasteiger partial charge on any atom is 0.308 e. The van der Waals surface area contributed by atoms with Gasteiger partial charge in [-0.1, -0.05) is 0 Å². The molecule has 2 fully saturated rings. The zero-order valence-electron chi connectivity index (χ0n) is 8.77. The van der Waals surface area contributed by atoms with Gasteiger partial charge in [0.25, 0.3) is 0 Å². The molecule has 2 atom stereocenters. The molecule has 5 heteroatoms. The average molecular weight is 212 g/mol. The van der Waals surface area contributed by atoms with Gasteiger partial charge in [-0.25, -0.2) is 0 Å². The molecule has 84 valence electrons. The monoisotopic (exact) mass is 212 g/mol. The summed E-state index contributed by atoms with van der Waals surface area (Å²) in [6.07, 6.45) is 0. The molecule has 2 heterocycles. The number of amides is 1. The standard InChI is InChI=1S/C10H16N2O3/c1-6(13)12-4-7(5-12)8-2-11-3-9(8)10(14)15/h7-9,11H,2-5H2,1H3,(H,14,15)/t8-,9+/m0/s1. The van der Waals surface area contributed by atoms with Crippen LogP contribution in [0.3, 0.4) is 0 Å². The minimum Gasteiger partial charge on any atom is -0.481 e. The number of carboxylic acid groups (broad SMARTS) is 1. The fourth-order valence-corrected chi connectivity index (χ4v) is 2.51. The third kappa shape index (κ3) is 1.84. The van der Waals surface area contributed by atoms with Gasteiger partial charge in [-0.05, 0) is 18.4 Å². The highest BCUT2D eigenvalue weighted by molar-refractivity contribution is 5.74. The lowest BCUT2D eigenvalue weighted by atomic mass is 9.79. The van der Waals surface area contributed by atoms with Crippen LogP contribution in [0.2, 0.25) is 0 Å². The Kier molecular flexibility index (Phi) is 2.65. The van der Waals surface area contributed by atoms with E-state index in [4.69, 9.17) is 5.11 Å². The van der Waals surface area contributed by atoms with Crippen molar-refractivity contribution in [3.05, 3.63) is 0 Å². The van der Waals surface area contributed by atoms with Crippen molar-refractivity contribution in [1.29, 1.82) is 0 Å². The minimum atomic E-state index is -0.716. The fraction of sp³-hybridized carbons (Fsp3) is 0.800. The van der Waals surface area contributed by atoms with E-state index in [9.17, 15) is 9.59 Å². The predicted molar refractivity (Wildman–Crippen MR) is 53.2 cm³/mol. The smallest absolute Gasteiger partial charge is 0.308 e. The Morgan fingerprint density at radius 2 is 2.00 bits per heavy atom. The average Bonchev–Trinajstić information content (AvgIpc) is 2.48. The molecule has 2 rings (SSSR count). The van der Waals surface area contributed by atoms with Crippen molar-refractivity contribution in [3.63, 3.8) is 0 Å². The van der Waals surface area contributed by atoms with Crippen LogP contribution in [0.15, 0.2) is 0 Å². The van der Waals surface area contributed by atoms with E-state index in [0.29, 0.717) is 12.5 Å². The number of hydrogen-bond donors (Lipinski definition) is 2. The Morgan fingerprint density at radius 3 is 2.53 bits per heavy atom. The van der Waals surface area contributed by atoms with Crippen LogP contribution in [0.25, 0.3) is 0 Å². The lowest BCUT2D eigenvalue weighted by molar-refractivity contribution is -0.145. The summed E-state index contributed by atoms with van der Waals surface area (Å²) in [6.45, 7) is 4.35. The SMILES string of the molecule is CC(=O)N1CC([C@@H]2CNC[C@H]2C(=O)O)C1. The molecule has 0 aliphatic carbocycles. The fourth-order valence-electron chi connectivity index (χ4n) is 2.51. The van der Waals surface area contributed by atoms with Crippen molar-refractivity contribution in [1.82, 2.24) is 10.2 Å². The molecule has 0 spiro atoms. The van der Waals surface area contributed by atoms with Gasteiger partial charge in [0, 0.05) is 26.6 Å². The number of carbonyl (C=O) groups is 2. The zero-order valence-corrected chi connectivity index (χ0v) is 8.77. The van der Waals surface area contributed by atoms with E-state index in [1.54, 1.807) is 11.8 Å². The largest absolute Gasteiger partial charge is 0.481 e. The molecular formula is C10H16N2O3. The maximum atomic E-state index is 11.0. The lowest BCUT2D eigenvalue weighted by Gasteiger charge is -2.42. The number of nitrogens with one attached hydrogen (secondary N) is 1. The molecule has 5 nitrogen and oxygen atoms in total. The van der Waals surface area contributed by atoms with E-state index in [0.717, 1.165) is 19.6 Å². The van der Waals surface area contributed by atoms with Crippen molar-refractivity contribution < 1.29 is 14.7 Å². The first-order valence-corrected chi connectivity index (χ1v) is 5.28. The Balaban J connectivity index is 1.90. The molecule has 0 aromatic rings. The predicted octanol–water partition coefficient (Wildman–Crippen LogP) is -0.615. The first kappa shape index (κ1) is 10.4. The second-order valence-electron chi connectivity index (χ2n) is 4.45. The number of carbonyl (C=O) groups excluding carboxylic acids is 1. The third-order valence-electron chi connectivity index (χ3n) is 3.54. The highest BCUT2D eigenvalue weighted by atomic mass is 16.4. The van der Waals surface area contributed by atoms with E-state index in [-0.39, 0.29) is 17.7 Å². The number of nitrogens with zero attached hydrogens (tertiary/aromatic N) is 1. The topological polar surface area (TPSA) is 69.6 Å². The van der Waals surface area contributed by atoms with Crippen LogP contribution in [0.5, 0.6) is 0 Å². The molecular weight excluding hydrogens is 196 g/mol. The Morgan fingerprint density at radius 1 is 1.33 bits per heavy atom. The molecule has 0 aromatic carbocycles. The molecule has 0 radical (unpaired) electrons. The van der Waals surface area contributed by atoms with Crippen molar-refractivity contribution in [2.24, 2.45) is 17.8 Å². The maximum absolute atomic E-state index is 11.0. The van der Waals surface area contributed by atoms with Crippen LogP contribution in [0.1, 0.15) is 6.92 Å². The van der Waals surface area contributed by atoms with E-state index in [1.807, 2.05) is 0 Å². The van der Waals surface area contributed by atoms with Crippen LogP contribution in [-0.2, 0) is 9.59 Å². The van der Waals surface area contributed by atoms with Gasteiger partial charge in [-0.3, -0.25) is 9.59 Å². The summed E-state index contributed by atoms with van der Waals surface area (Å²) < 4.78 is 0. The van der Waals surface area contributed by atoms with Crippen LogP contribution in [0.4, 0.5) is 0 Å². The zero-order chi connectivity index (χ0) is 11.0. The van der Waals surface area contributed by atoms with Crippen molar-refractivity contribution in [2.45, 2.75) is 6.92 Å². The van der Waals surface area contributed by atoms with Gasteiger partial charge in [0.05, 0.1) is 5.92 Å².